The second-order valence-corrected chi connectivity index (χ2v) is 7.49. The Balaban J connectivity index is 2.78. The molecular weight excluding hydrogens is 224 g/mol. The van der Waals surface area contributed by atoms with Crippen molar-refractivity contribution in [2.45, 2.75) is 72.9 Å². The van der Waals surface area contributed by atoms with Crippen LogP contribution in [0.5, 0.6) is 0 Å². The Morgan fingerprint density at radius 1 is 1.17 bits per heavy atom. The van der Waals surface area contributed by atoms with Crippen LogP contribution in [0.1, 0.15) is 60.8 Å². The number of rotatable bonds is 2. The third-order valence-electron chi connectivity index (χ3n) is 3.41. The van der Waals surface area contributed by atoms with Gasteiger partial charge in [0, 0.05) is 6.04 Å². The number of nitrogens with one attached hydrogen (secondary N) is 2. The molecule has 18 heavy (non-hydrogen) atoms. The van der Waals surface area contributed by atoms with E-state index < -0.39 is 0 Å². The van der Waals surface area contributed by atoms with E-state index in [1.165, 1.54) is 6.42 Å². The van der Waals surface area contributed by atoms with Gasteiger partial charge in [-0.3, -0.25) is 5.43 Å². The van der Waals surface area contributed by atoms with Gasteiger partial charge in [-0.25, -0.2) is 10.8 Å². The molecule has 1 saturated carbocycles. The summed E-state index contributed by atoms with van der Waals surface area (Å²) in [6, 6.07) is 0.686. The molecule has 0 aliphatic heterocycles. The zero-order valence-corrected chi connectivity index (χ0v) is 12.8. The summed E-state index contributed by atoms with van der Waals surface area (Å²) in [7, 11) is 0. The Morgan fingerprint density at radius 2 is 1.67 bits per heavy atom. The lowest BCUT2D eigenvalue weighted by molar-refractivity contribution is 0.0994. The molecule has 4 heteroatoms. The first-order chi connectivity index (χ1) is 8.13. The molecule has 0 amide bonds. The van der Waals surface area contributed by atoms with Crippen molar-refractivity contribution in [1.82, 2.24) is 10.7 Å². The SMILES string of the molecule is CC(C)NC(=NC1CC(C)(C)CC(C)(C)C1)NN. The van der Waals surface area contributed by atoms with Crippen LogP contribution in [0.25, 0.3) is 0 Å². The van der Waals surface area contributed by atoms with Gasteiger partial charge in [-0.05, 0) is 43.9 Å². The summed E-state index contributed by atoms with van der Waals surface area (Å²) in [5, 5.41) is 3.25. The number of aliphatic imine (C=N–C) groups is 1. The number of nitrogens with two attached hydrogens (primary N) is 1. The second kappa shape index (κ2) is 5.47. The molecule has 1 rings (SSSR count). The van der Waals surface area contributed by atoms with Gasteiger partial charge in [0.15, 0.2) is 0 Å². The zero-order valence-electron chi connectivity index (χ0n) is 12.8. The van der Waals surface area contributed by atoms with Crippen molar-refractivity contribution in [3.8, 4) is 0 Å². The highest BCUT2D eigenvalue weighted by molar-refractivity contribution is 5.79. The summed E-state index contributed by atoms with van der Waals surface area (Å²) >= 11 is 0. The monoisotopic (exact) mass is 254 g/mol. The molecule has 0 bridgehead atoms. The van der Waals surface area contributed by atoms with Crippen LogP contribution < -0.4 is 16.6 Å². The largest absolute Gasteiger partial charge is 0.353 e. The molecule has 0 spiro atoms. The smallest absolute Gasteiger partial charge is 0.206 e. The third-order valence-corrected chi connectivity index (χ3v) is 3.41. The second-order valence-electron chi connectivity index (χ2n) is 7.49. The first-order valence-corrected chi connectivity index (χ1v) is 6.94. The predicted molar refractivity (Wildman–Crippen MR) is 78.2 cm³/mol. The first kappa shape index (κ1) is 15.3. The number of nitrogens with zero attached hydrogens (tertiary/aromatic N) is 1. The average molecular weight is 254 g/mol. The van der Waals surface area contributed by atoms with E-state index in [4.69, 9.17) is 10.8 Å². The van der Waals surface area contributed by atoms with E-state index in [1.54, 1.807) is 0 Å². The summed E-state index contributed by atoms with van der Waals surface area (Å²) in [6.07, 6.45) is 3.51. The molecule has 1 aliphatic carbocycles. The summed E-state index contributed by atoms with van der Waals surface area (Å²) in [4.78, 5) is 4.75. The van der Waals surface area contributed by atoms with Crippen LogP contribution in [-0.4, -0.2) is 18.0 Å². The van der Waals surface area contributed by atoms with Gasteiger partial charge in [-0.15, -0.1) is 0 Å². The normalized spacial score (nSPS) is 24.1. The highest BCUT2D eigenvalue weighted by Gasteiger charge is 2.38. The number of hydrogen-bond donors (Lipinski definition) is 3. The molecule has 0 radical (unpaired) electrons. The topological polar surface area (TPSA) is 62.4 Å². The van der Waals surface area contributed by atoms with Crippen molar-refractivity contribution >= 4 is 5.96 Å². The minimum atomic E-state index is 0.337. The van der Waals surface area contributed by atoms with Crippen LogP contribution >= 0.6 is 0 Å². The molecule has 4 N–H and O–H groups in total. The summed E-state index contributed by atoms with van der Waals surface area (Å²) in [5.74, 6) is 6.24. The third kappa shape index (κ3) is 4.84. The predicted octanol–water partition coefficient (Wildman–Crippen LogP) is 2.41. The van der Waals surface area contributed by atoms with Gasteiger partial charge >= 0.3 is 0 Å². The van der Waals surface area contributed by atoms with Gasteiger partial charge in [-0.2, -0.15) is 0 Å². The van der Waals surface area contributed by atoms with Gasteiger partial charge in [0.05, 0.1) is 6.04 Å². The Hall–Kier alpha value is -0.770. The van der Waals surface area contributed by atoms with Crippen LogP contribution in [-0.2, 0) is 0 Å². The summed E-state index contributed by atoms with van der Waals surface area (Å²) in [6.45, 7) is 13.5. The fourth-order valence-electron chi connectivity index (χ4n) is 3.45. The molecular formula is C14H30N4. The Morgan fingerprint density at radius 3 is 2.06 bits per heavy atom. The van der Waals surface area contributed by atoms with Gasteiger partial charge in [0.2, 0.25) is 5.96 Å². The molecule has 0 aromatic heterocycles. The molecule has 106 valence electrons. The number of hydrazine groups is 1. The lowest BCUT2D eigenvalue weighted by Crippen LogP contribution is -2.46. The lowest BCUT2D eigenvalue weighted by atomic mass is 9.64. The van der Waals surface area contributed by atoms with E-state index in [0.717, 1.165) is 12.8 Å². The van der Waals surface area contributed by atoms with Crippen molar-refractivity contribution in [2.24, 2.45) is 21.7 Å². The molecule has 0 saturated heterocycles. The first-order valence-electron chi connectivity index (χ1n) is 6.94. The zero-order chi connectivity index (χ0) is 14.0. The molecule has 1 aliphatic rings. The van der Waals surface area contributed by atoms with Crippen LogP contribution in [0, 0.1) is 10.8 Å². The van der Waals surface area contributed by atoms with Crippen LogP contribution in [0.3, 0.4) is 0 Å². The van der Waals surface area contributed by atoms with Gasteiger partial charge in [0.25, 0.3) is 0 Å². The maximum absolute atomic E-state index is 5.53. The maximum atomic E-state index is 5.53. The molecule has 0 unspecified atom stereocenters. The van der Waals surface area contributed by atoms with Crippen LogP contribution in [0.2, 0.25) is 0 Å². The van der Waals surface area contributed by atoms with E-state index in [2.05, 4.69) is 52.3 Å². The van der Waals surface area contributed by atoms with E-state index in [-0.39, 0.29) is 0 Å². The van der Waals surface area contributed by atoms with Crippen molar-refractivity contribution in [2.75, 3.05) is 0 Å². The van der Waals surface area contributed by atoms with E-state index >= 15 is 0 Å². The molecule has 0 heterocycles. The molecule has 0 aromatic rings. The number of guanidine groups is 1. The van der Waals surface area contributed by atoms with Crippen LogP contribution in [0.15, 0.2) is 4.99 Å². The van der Waals surface area contributed by atoms with Crippen molar-refractivity contribution in [1.29, 1.82) is 0 Å². The highest BCUT2D eigenvalue weighted by Crippen LogP contribution is 2.46. The molecule has 1 fully saturated rings. The molecule has 4 nitrogen and oxygen atoms in total. The highest BCUT2D eigenvalue weighted by atomic mass is 15.3. The Kier molecular flexibility index (Phi) is 4.65. The molecule has 0 aromatic carbocycles. The van der Waals surface area contributed by atoms with E-state index in [1.807, 2.05) is 0 Å². The van der Waals surface area contributed by atoms with Gasteiger partial charge < -0.3 is 5.32 Å². The quantitative estimate of drug-likeness (QED) is 0.307. The van der Waals surface area contributed by atoms with E-state index in [0.29, 0.717) is 28.9 Å². The van der Waals surface area contributed by atoms with Crippen molar-refractivity contribution in [3.63, 3.8) is 0 Å². The standard InChI is InChI=1S/C14H30N4/c1-10(2)16-12(18-15)17-11-7-13(3,4)9-14(5,6)8-11/h10-11H,7-9,15H2,1-6H3,(H2,16,17,18). The van der Waals surface area contributed by atoms with Crippen molar-refractivity contribution < 1.29 is 0 Å². The molecule has 0 atom stereocenters. The fraction of sp³-hybridized carbons (Fsp3) is 0.929. The fourth-order valence-corrected chi connectivity index (χ4v) is 3.45. The Bertz CT molecular complexity index is 289. The lowest BCUT2D eigenvalue weighted by Gasteiger charge is -2.43. The summed E-state index contributed by atoms with van der Waals surface area (Å²) < 4.78 is 0. The minimum absolute atomic E-state index is 0.337. The van der Waals surface area contributed by atoms with E-state index in [9.17, 15) is 0 Å². The van der Waals surface area contributed by atoms with Crippen molar-refractivity contribution in [3.05, 3.63) is 0 Å². The Labute approximate surface area is 112 Å². The number of hydrogen-bond acceptors (Lipinski definition) is 2. The van der Waals surface area contributed by atoms with Gasteiger partial charge in [-0.1, -0.05) is 27.7 Å². The van der Waals surface area contributed by atoms with Gasteiger partial charge in [0.1, 0.15) is 0 Å². The minimum Gasteiger partial charge on any atom is -0.353 e. The average Bonchev–Trinajstić information content (AvgIpc) is 2.10. The maximum Gasteiger partial charge on any atom is 0.206 e. The van der Waals surface area contributed by atoms with Crippen LogP contribution in [0.4, 0.5) is 0 Å². The summed E-state index contributed by atoms with van der Waals surface area (Å²) in [5.41, 5.74) is 3.38.